The Morgan fingerprint density at radius 2 is 2.00 bits per heavy atom. The van der Waals surface area contributed by atoms with Gasteiger partial charge in [-0.3, -0.25) is 14.5 Å². The number of benzene rings is 1. The van der Waals surface area contributed by atoms with Crippen molar-refractivity contribution in [2.24, 2.45) is 0 Å². The van der Waals surface area contributed by atoms with E-state index in [-0.39, 0.29) is 18.2 Å². The number of halogens is 1. The lowest BCUT2D eigenvalue weighted by Gasteiger charge is -2.27. The molecule has 0 radical (unpaired) electrons. The maximum Gasteiger partial charge on any atom is 0.304 e. The molecule has 19 heavy (non-hydrogen) atoms. The largest absolute Gasteiger partial charge is 0.481 e. The number of aliphatic carboxylic acids is 1. The molecule has 1 aromatic rings. The second kappa shape index (κ2) is 7.26. The summed E-state index contributed by atoms with van der Waals surface area (Å²) in [6, 6.07) is 7.04. The van der Waals surface area contributed by atoms with Crippen molar-refractivity contribution < 1.29 is 14.7 Å². The van der Waals surface area contributed by atoms with Crippen molar-refractivity contribution in [3.05, 3.63) is 34.9 Å². The van der Waals surface area contributed by atoms with Gasteiger partial charge in [0.1, 0.15) is 5.78 Å². The average Bonchev–Trinajstić information content (AvgIpc) is 2.35. The van der Waals surface area contributed by atoms with Crippen LogP contribution in [0.4, 0.5) is 0 Å². The highest BCUT2D eigenvalue weighted by molar-refractivity contribution is 6.31. The number of carboxylic acid groups (broad SMARTS) is 1. The van der Waals surface area contributed by atoms with Crippen LogP contribution in [0.3, 0.4) is 0 Å². The van der Waals surface area contributed by atoms with Gasteiger partial charge in [-0.1, -0.05) is 29.8 Å². The Morgan fingerprint density at radius 1 is 1.37 bits per heavy atom. The zero-order chi connectivity index (χ0) is 14.4. The molecule has 0 heterocycles. The maximum atomic E-state index is 11.5. The lowest BCUT2D eigenvalue weighted by atomic mass is 10.1. The number of nitrogens with zero attached hydrogens (tertiary/aromatic N) is 1. The zero-order valence-electron chi connectivity index (χ0n) is 11.1. The predicted octanol–water partition coefficient (Wildman–Crippen LogP) is 2.59. The van der Waals surface area contributed by atoms with Crippen LogP contribution in [-0.4, -0.2) is 34.3 Å². The predicted molar refractivity (Wildman–Crippen MR) is 74.3 cm³/mol. The van der Waals surface area contributed by atoms with Gasteiger partial charge in [-0.05, 0) is 25.5 Å². The molecule has 0 aliphatic heterocycles. The number of hydrogen-bond acceptors (Lipinski definition) is 3. The minimum atomic E-state index is -0.875. The van der Waals surface area contributed by atoms with E-state index in [1.807, 2.05) is 23.1 Å². The van der Waals surface area contributed by atoms with Crippen molar-refractivity contribution in [2.75, 3.05) is 6.54 Å². The minimum Gasteiger partial charge on any atom is -0.481 e. The van der Waals surface area contributed by atoms with Gasteiger partial charge in [0, 0.05) is 18.1 Å². The van der Waals surface area contributed by atoms with Crippen LogP contribution in [0.2, 0.25) is 5.02 Å². The number of ketones is 1. The highest BCUT2D eigenvalue weighted by atomic mass is 35.5. The van der Waals surface area contributed by atoms with Crippen molar-refractivity contribution in [2.45, 2.75) is 32.9 Å². The highest BCUT2D eigenvalue weighted by Crippen LogP contribution is 2.18. The molecule has 0 aromatic heterocycles. The fourth-order valence-corrected chi connectivity index (χ4v) is 1.95. The molecule has 0 bridgehead atoms. The van der Waals surface area contributed by atoms with E-state index < -0.39 is 5.97 Å². The number of carbonyl (C=O) groups is 2. The smallest absolute Gasteiger partial charge is 0.304 e. The summed E-state index contributed by atoms with van der Waals surface area (Å²) in [7, 11) is 0. The first-order chi connectivity index (χ1) is 8.91. The van der Waals surface area contributed by atoms with Crippen LogP contribution >= 0.6 is 11.6 Å². The van der Waals surface area contributed by atoms with Crippen molar-refractivity contribution in [3.63, 3.8) is 0 Å². The van der Waals surface area contributed by atoms with Gasteiger partial charge in [0.25, 0.3) is 0 Å². The van der Waals surface area contributed by atoms with Gasteiger partial charge >= 0.3 is 5.97 Å². The van der Waals surface area contributed by atoms with Gasteiger partial charge in [-0.2, -0.15) is 0 Å². The van der Waals surface area contributed by atoms with Crippen LogP contribution in [0.15, 0.2) is 24.3 Å². The third-order valence-electron chi connectivity index (χ3n) is 3.08. The summed E-state index contributed by atoms with van der Waals surface area (Å²) in [6.45, 7) is 4.07. The number of carbonyl (C=O) groups excluding carboxylic acids is 1. The molecule has 5 heteroatoms. The Morgan fingerprint density at radius 3 is 2.53 bits per heavy atom. The number of carboxylic acids is 1. The molecule has 0 amide bonds. The van der Waals surface area contributed by atoms with E-state index >= 15 is 0 Å². The van der Waals surface area contributed by atoms with Crippen LogP contribution in [0.1, 0.15) is 25.8 Å². The first-order valence-electron chi connectivity index (χ1n) is 6.11. The SMILES string of the molecule is CC(=O)C(C)N(CCC(=O)O)Cc1ccccc1Cl. The summed E-state index contributed by atoms with van der Waals surface area (Å²) in [5, 5.41) is 9.39. The number of rotatable bonds is 7. The molecule has 104 valence electrons. The normalized spacial score (nSPS) is 12.4. The molecule has 1 aromatic carbocycles. The van der Waals surface area contributed by atoms with Crippen LogP contribution in [-0.2, 0) is 16.1 Å². The second-order valence-corrected chi connectivity index (χ2v) is 4.90. The van der Waals surface area contributed by atoms with Crippen molar-refractivity contribution in [3.8, 4) is 0 Å². The Bertz CT molecular complexity index is 462. The molecule has 0 spiro atoms. The summed E-state index contributed by atoms with van der Waals surface area (Å²) in [5.74, 6) is -0.864. The Balaban J connectivity index is 2.81. The van der Waals surface area contributed by atoms with E-state index in [9.17, 15) is 9.59 Å². The van der Waals surface area contributed by atoms with Gasteiger partial charge in [-0.15, -0.1) is 0 Å². The lowest BCUT2D eigenvalue weighted by molar-refractivity contribution is -0.138. The fraction of sp³-hybridized carbons (Fsp3) is 0.429. The fourth-order valence-electron chi connectivity index (χ4n) is 1.75. The molecule has 1 unspecified atom stereocenters. The highest BCUT2D eigenvalue weighted by Gasteiger charge is 2.19. The summed E-state index contributed by atoms with van der Waals surface area (Å²) in [5.41, 5.74) is 0.891. The molecule has 0 fully saturated rings. The van der Waals surface area contributed by atoms with Crippen molar-refractivity contribution >= 4 is 23.4 Å². The maximum absolute atomic E-state index is 11.5. The molecule has 0 aliphatic carbocycles. The zero-order valence-corrected chi connectivity index (χ0v) is 11.9. The first-order valence-corrected chi connectivity index (χ1v) is 6.49. The quantitative estimate of drug-likeness (QED) is 0.836. The standard InChI is InChI=1S/C14H18ClNO3/c1-10(11(2)17)16(8-7-14(18)19)9-12-5-3-4-6-13(12)15/h3-6,10H,7-9H2,1-2H3,(H,18,19). The summed E-state index contributed by atoms with van der Waals surface area (Å²) >= 11 is 6.09. The summed E-state index contributed by atoms with van der Waals surface area (Å²) in [6.07, 6.45) is 0.00206. The van der Waals surface area contributed by atoms with Gasteiger partial charge in [0.05, 0.1) is 12.5 Å². The van der Waals surface area contributed by atoms with Gasteiger partial charge < -0.3 is 5.11 Å². The van der Waals surface area contributed by atoms with Gasteiger partial charge in [0.15, 0.2) is 0 Å². The monoisotopic (exact) mass is 283 g/mol. The van der Waals surface area contributed by atoms with E-state index in [0.717, 1.165) is 5.56 Å². The molecule has 0 saturated heterocycles. The van der Waals surface area contributed by atoms with Crippen molar-refractivity contribution in [1.82, 2.24) is 4.90 Å². The molecule has 1 atom stereocenters. The molecule has 0 saturated carbocycles. The van der Waals surface area contributed by atoms with Gasteiger partial charge in [0.2, 0.25) is 0 Å². The summed E-state index contributed by atoms with van der Waals surface area (Å²) in [4.78, 5) is 24.0. The van der Waals surface area contributed by atoms with Crippen molar-refractivity contribution in [1.29, 1.82) is 0 Å². The lowest BCUT2D eigenvalue weighted by Crippen LogP contribution is -2.38. The van der Waals surface area contributed by atoms with E-state index in [2.05, 4.69) is 0 Å². The average molecular weight is 284 g/mol. The van der Waals surface area contributed by atoms with E-state index in [0.29, 0.717) is 18.1 Å². The van der Waals surface area contributed by atoms with Crippen LogP contribution in [0.25, 0.3) is 0 Å². The molecular weight excluding hydrogens is 266 g/mol. The third kappa shape index (κ3) is 5.01. The molecule has 1 rings (SSSR count). The summed E-state index contributed by atoms with van der Waals surface area (Å²) < 4.78 is 0. The molecule has 0 aliphatic rings. The van der Waals surface area contributed by atoms with E-state index in [1.54, 1.807) is 13.0 Å². The van der Waals surface area contributed by atoms with E-state index in [1.165, 1.54) is 6.92 Å². The Kier molecular flexibility index (Phi) is 5.99. The van der Waals surface area contributed by atoms with Crippen LogP contribution < -0.4 is 0 Å². The Labute approximate surface area is 118 Å². The topological polar surface area (TPSA) is 57.6 Å². The van der Waals surface area contributed by atoms with Crippen LogP contribution in [0, 0.1) is 0 Å². The minimum absolute atomic E-state index is 0.00206. The Hall–Kier alpha value is -1.39. The molecule has 4 nitrogen and oxygen atoms in total. The van der Waals surface area contributed by atoms with E-state index in [4.69, 9.17) is 16.7 Å². The third-order valence-corrected chi connectivity index (χ3v) is 3.45. The molecular formula is C14H18ClNO3. The number of hydrogen-bond donors (Lipinski definition) is 1. The van der Waals surface area contributed by atoms with Crippen LogP contribution in [0.5, 0.6) is 0 Å². The first kappa shape index (κ1) is 15.7. The second-order valence-electron chi connectivity index (χ2n) is 4.49. The number of Topliss-reactive ketones (excluding diaryl/α,β-unsaturated/α-hetero) is 1. The van der Waals surface area contributed by atoms with Gasteiger partial charge in [-0.25, -0.2) is 0 Å². The molecule has 1 N–H and O–H groups in total.